The summed E-state index contributed by atoms with van der Waals surface area (Å²) < 4.78 is 42.5. The van der Waals surface area contributed by atoms with Crippen molar-refractivity contribution >= 4 is 34.9 Å². The van der Waals surface area contributed by atoms with Crippen LogP contribution in [0.5, 0.6) is 5.75 Å². The molecule has 0 saturated carbocycles. The first-order chi connectivity index (χ1) is 20.6. The molecule has 2 amide bonds. The van der Waals surface area contributed by atoms with E-state index in [-0.39, 0.29) is 11.8 Å². The van der Waals surface area contributed by atoms with Gasteiger partial charge in [0, 0.05) is 23.0 Å². The molecule has 0 bridgehead atoms. The highest BCUT2D eigenvalue weighted by Crippen LogP contribution is 2.33. The molecule has 1 aliphatic heterocycles. The highest BCUT2D eigenvalue weighted by molar-refractivity contribution is 8.14. The van der Waals surface area contributed by atoms with Crippen LogP contribution in [0.2, 0.25) is 0 Å². The van der Waals surface area contributed by atoms with Gasteiger partial charge in [0.25, 0.3) is 0 Å². The molecular weight excluding hydrogens is 579 g/mol. The van der Waals surface area contributed by atoms with Gasteiger partial charge in [0.15, 0.2) is 11.0 Å². The minimum Gasteiger partial charge on any atom is -0.406 e. The van der Waals surface area contributed by atoms with Gasteiger partial charge in [-0.05, 0) is 67.3 Å². The van der Waals surface area contributed by atoms with E-state index in [1.807, 2.05) is 6.92 Å². The van der Waals surface area contributed by atoms with Crippen LogP contribution in [-0.4, -0.2) is 50.3 Å². The topological polar surface area (TPSA) is 97.0 Å². The number of alkyl halides is 3. The third-order valence-electron chi connectivity index (χ3n) is 6.55. The molecule has 1 aliphatic rings. The van der Waals surface area contributed by atoms with Crippen LogP contribution in [-0.2, 0) is 6.42 Å². The number of amidine groups is 1. The van der Waals surface area contributed by atoms with Crippen molar-refractivity contribution in [2.45, 2.75) is 39.6 Å². The smallest absolute Gasteiger partial charge is 0.406 e. The predicted octanol–water partition coefficient (Wildman–Crippen LogP) is 6.75. The molecule has 1 atom stereocenters. The third-order valence-corrected chi connectivity index (χ3v) is 7.74. The van der Waals surface area contributed by atoms with Crippen molar-refractivity contribution in [3.63, 3.8) is 0 Å². The number of aryl methyl sites for hydroxylation is 2. The number of nitrogens with zero attached hydrogens (tertiary/aromatic N) is 6. The van der Waals surface area contributed by atoms with E-state index >= 15 is 0 Å². The highest BCUT2D eigenvalue weighted by atomic mass is 32.2. The fraction of sp³-hybridized carbons (Fsp3) is 0.233. The number of carbonyl (C=O) groups is 1. The van der Waals surface area contributed by atoms with Crippen LogP contribution in [0.4, 0.5) is 23.7 Å². The van der Waals surface area contributed by atoms with E-state index < -0.39 is 12.4 Å². The molecule has 2 heterocycles. The van der Waals surface area contributed by atoms with Gasteiger partial charge in [-0.1, -0.05) is 55.1 Å². The van der Waals surface area contributed by atoms with E-state index in [4.69, 9.17) is 0 Å². The largest absolute Gasteiger partial charge is 0.573 e. The summed E-state index contributed by atoms with van der Waals surface area (Å²) >= 11 is 1.54. The lowest BCUT2D eigenvalue weighted by Gasteiger charge is -2.26. The number of hydrogen-bond acceptors (Lipinski definition) is 6. The van der Waals surface area contributed by atoms with Crippen molar-refractivity contribution in [2.75, 3.05) is 10.7 Å². The number of halogens is 3. The molecule has 0 aliphatic carbocycles. The normalized spacial score (nSPS) is 16.3. The van der Waals surface area contributed by atoms with Crippen molar-refractivity contribution < 1.29 is 22.7 Å². The van der Waals surface area contributed by atoms with Crippen molar-refractivity contribution in [3.8, 4) is 22.8 Å². The second kappa shape index (κ2) is 12.7. The lowest BCUT2D eigenvalue weighted by Crippen LogP contribution is -2.33. The molecule has 13 heteroatoms. The van der Waals surface area contributed by atoms with Crippen LogP contribution in [0.25, 0.3) is 17.1 Å². The maximum absolute atomic E-state index is 12.6. The van der Waals surface area contributed by atoms with Gasteiger partial charge in [-0.3, -0.25) is 0 Å². The van der Waals surface area contributed by atoms with Gasteiger partial charge in [-0.15, -0.1) is 18.3 Å². The summed E-state index contributed by atoms with van der Waals surface area (Å²) in [6, 6.07) is 18.5. The van der Waals surface area contributed by atoms with Crippen molar-refractivity contribution in [2.24, 2.45) is 10.1 Å². The molecule has 0 spiro atoms. The fourth-order valence-corrected chi connectivity index (χ4v) is 5.57. The standard InChI is InChI=1S/C30H28F3N7O2S/c1-4-22-8-5-19(2)15-26(22)40-20(3)17-43-29(40)36-28(41)37-35-16-21-6-9-23(10-7-21)27-34-18-39(38-27)24-11-13-25(14-12-24)42-30(31,32)33/h5-16,18,20H,4,17H2,1-3H3,(H,37,41)/b35-16+,36-29?. The number of thioether (sulfide) groups is 1. The van der Waals surface area contributed by atoms with Crippen molar-refractivity contribution in [1.29, 1.82) is 0 Å². The Bertz CT molecular complexity index is 1650. The Kier molecular flexibility index (Phi) is 8.81. The minimum atomic E-state index is -4.75. The van der Waals surface area contributed by atoms with Crippen LogP contribution >= 0.6 is 11.8 Å². The lowest BCUT2D eigenvalue weighted by molar-refractivity contribution is -0.274. The predicted molar refractivity (Wildman–Crippen MR) is 162 cm³/mol. The summed E-state index contributed by atoms with van der Waals surface area (Å²) in [5.41, 5.74) is 7.86. The number of anilines is 1. The Morgan fingerprint density at radius 1 is 1.14 bits per heavy atom. The molecular formula is C30H28F3N7O2S. The summed E-state index contributed by atoms with van der Waals surface area (Å²) in [7, 11) is 0. The van der Waals surface area contributed by atoms with Crippen LogP contribution in [0.1, 0.15) is 30.5 Å². The van der Waals surface area contributed by atoms with Gasteiger partial charge in [0.05, 0.1) is 11.9 Å². The lowest BCUT2D eigenvalue weighted by atomic mass is 10.1. The highest BCUT2D eigenvalue weighted by Gasteiger charge is 2.31. The third kappa shape index (κ3) is 7.41. The first kappa shape index (κ1) is 29.8. The minimum absolute atomic E-state index is 0.199. The molecule has 43 heavy (non-hydrogen) atoms. The Hall–Kier alpha value is -4.65. The van der Waals surface area contributed by atoms with E-state index in [2.05, 4.69) is 67.3 Å². The summed E-state index contributed by atoms with van der Waals surface area (Å²) in [5, 5.41) is 9.09. The number of hydrogen-bond donors (Lipinski definition) is 1. The molecule has 0 radical (unpaired) electrons. The SMILES string of the molecule is CCc1ccc(C)cc1N1C(=NC(=O)N/N=C/c2ccc(-c3ncn(-c4ccc(OC(F)(F)F)cc4)n3)cc2)SCC1C. The molecule has 1 aromatic heterocycles. The Labute approximate surface area is 250 Å². The molecule has 1 N–H and O–H groups in total. The molecule has 1 saturated heterocycles. The molecule has 222 valence electrons. The summed E-state index contributed by atoms with van der Waals surface area (Å²) in [4.78, 5) is 23.3. The number of aromatic nitrogens is 3. The molecule has 1 unspecified atom stereocenters. The molecule has 5 rings (SSSR count). The number of ether oxygens (including phenoxy) is 1. The Balaban J connectivity index is 1.20. The van der Waals surface area contributed by atoms with Gasteiger partial charge < -0.3 is 9.64 Å². The van der Waals surface area contributed by atoms with E-state index in [0.29, 0.717) is 16.7 Å². The second-order valence-corrected chi connectivity index (χ2v) is 10.7. The van der Waals surface area contributed by atoms with Crippen LogP contribution in [0, 0.1) is 6.92 Å². The zero-order valence-corrected chi connectivity index (χ0v) is 24.4. The van der Waals surface area contributed by atoms with Gasteiger partial charge in [0.1, 0.15) is 12.1 Å². The van der Waals surface area contributed by atoms with E-state index in [1.54, 1.807) is 36.0 Å². The van der Waals surface area contributed by atoms with Crippen LogP contribution in [0.3, 0.4) is 0 Å². The number of hydrazone groups is 1. The summed E-state index contributed by atoms with van der Waals surface area (Å²) in [6.45, 7) is 6.28. The molecule has 4 aromatic rings. The number of benzene rings is 3. The quantitative estimate of drug-likeness (QED) is 0.185. The molecule has 1 fully saturated rings. The number of rotatable bonds is 7. The first-order valence-corrected chi connectivity index (χ1v) is 14.4. The van der Waals surface area contributed by atoms with Gasteiger partial charge in [-0.2, -0.15) is 10.1 Å². The summed E-state index contributed by atoms with van der Waals surface area (Å²) in [5.74, 6) is 0.935. The van der Waals surface area contributed by atoms with E-state index in [1.165, 1.54) is 47.1 Å². The number of amides is 2. The maximum atomic E-state index is 12.6. The first-order valence-electron chi connectivity index (χ1n) is 13.4. The van der Waals surface area contributed by atoms with Crippen LogP contribution in [0.15, 0.2) is 83.2 Å². The molecule has 3 aromatic carbocycles. The van der Waals surface area contributed by atoms with Crippen molar-refractivity contribution in [1.82, 2.24) is 20.2 Å². The summed E-state index contributed by atoms with van der Waals surface area (Å²) in [6.07, 6.45) is -0.902. The maximum Gasteiger partial charge on any atom is 0.573 e. The number of nitrogens with one attached hydrogen (secondary N) is 1. The zero-order valence-electron chi connectivity index (χ0n) is 23.5. The zero-order chi connectivity index (χ0) is 30.6. The van der Waals surface area contributed by atoms with E-state index in [9.17, 15) is 18.0 Å². The average Bonchev–Trinajstić information content (AvgIpc) is 3.60. The monoisotopic (exact) mass is 607 g/mol. The van der Waals surface area contributed by atoms with Gasteiger partial charge in [-0.25, -0.2) is 19.9 Å². The average molecular weight is 608 g/mol. The van der Waals surface area contributed by atoms with Crippen LogP contribution < -0.4 is 15.1 Å². The fourth-order valence-electron chi connectivity index (χ4n) is 4.46. The van der Waals surface area contributed by atoms with Gasteiger partial charge in [0.2, 0.25) is 0 Å². The Morgan fingerprint density at radius 3 is 2.58 bits per heavy atom. The Morgan fingerprint density at radius 2 is 1.88 bits per heavy atom. The number of aliphatic imine (C=N–C) groups is 1. The van der Waals surface area contributed by atoms with Crippen molar-refractivity contribution in [3.05, 3.63) is 89.7 Å². The second-order valence-electron chi connectivity index (χ2n) is 9.76. The van der Waals surface area contributed by atoms with Gasteiger partial charge >= 0.3 is 12.4 Å². The number of urea groups is 1. The van der Waals surface area contributed by atoms with E-state index in [0.717, 1.165) is 34.6 Å². The number of carbonyl (C=O) groups excluding carboxylic acids is 1. The molecule has 9 nitrogen and oxygen atoms in total.